The predicted molar refractivity (Wildman–Crippen MR) is 59.5 cm³/mol. The monoisotopic (exact) mass is 304 g/mol. The third kappa shape index (κ3) is 2.67. The third-order valence-electron chi connectivity index (χ3n) is 2.96. The van der Waals surface area contributed by atoms with E-state index < -0.39 is 42.1 Å². The molecule has 0 spiro atoms. The van der Waals surface area contributed by atoms with Crippen molar-refractivity contribution in [2.24, 2.45) is 4.99 Å². The summed E-state index contributed by atoms with van der Waals surface area (Å²) in [6.07, 6.45) is -14.0. The third-order valence-corrected chi connectivity index (χ3v) is 4.12. The number of nitrogens with zero attached hydrogens (tertiary/aromatic N) is 1. The minimum absolute atomic E-state index is 0.312. The Morgan fingerprint density at radius 1 is 1.47 bits per heavy atom. The molecular formula is C9H12F4N2O3S. The zero-order chi connectivity index (χ0) is 14.4. The summed E-state index contributed by atoms with van der Waals surface area (Å²) in [5.74, 6) is 0. The standard InChI is InChI=1S/C9H12F4N2O3S/c1-14-8-15-3-2(10)4(16)5(18-7(3)19-8)6(17)9(11,12)13/h2-7,16-17H,1H3,(H,14,15). The Bertz CT molecular complexity index is 381. The van der Waals surface area contributed by atoms with Gasteiger partial charge in [0.05, 0.1) is 6.04 Å². The van der Waals surface area contributed by atoms with Crippen LogP contribution in [-0.4, -0.2) is 64.6 Å². The Balaban J connectivity index is 2.17. The first-order valence-electron chi connectivity index (χ1n) is 5.38. The highest BCUT2D eigenvalue weighted by Gasteiger charge is 2.56. The number of amidine groups is 1. The molecule has 2 rings (SSSR count). The van der Waals surface area contributed by atoms with E-state index in [0.29, 0.717) is 5.17 Å². The van der Waals surface area contributed by atoms with Crippen molar-refractivity contribution in [3.05, 3.63) is 0 Å². The fourth-order valence-corrected chi connectivity index (χ4v) is 3.04. The SMILES string of the molecule is CN=C1NC2C(OC(C(O)C(F)(F)F)C(O)C2F)S1. The highest BCUT2D eigenvalue weighted by Crippen LogP contribution is 2.38. The summed E-state index contributed by atoms with van der Waals surface area (Å²) >= 11 is 0.919. The molecule has 2 saturated heterocycles. The summed E-state index contributed by atoms with van der Waals surface area (Å²) in [6.45, 7) is 0. The van der Waals surface area contributed by atoms with Crippen LogP contribution < -0.4 is 5.32 Å². The fraction of sp³-hybridized carbons (Fsp3) is 0.889. The van der Waals surface area contributed by atoms with Crippen LogP contribution in [0.3, 0.4) is 0 Å². The molecule has 19 heavy (non-hydrogen) atoms. The van der Waals surface area contributed by atoms with E-state index in [1.807, 2.05) is 0 Å². The van der Waals surface area contributed by atoms with E-state index in [-0.39, 0.29) is 0 Å². The lowest BCUT2D eigenvalue weighted by Gasteiger charge is -2.39. The number of alkyl halides is 4. The number of aliphatic hydroxyl groups excluding tert-OH is 2. The average molecular weight is 304 g/mol. The maximum absolute atomic E-state index is 13.9. The van der Waals surface area contributed by atoms with Crippen LogP contribution in [0.1, 0.15) is 0 Å². The van der Waals surface area contributed by atoms with Crippen LogP contribution in [0.2, 0.25) is 0 Å². The zero-order valence-electron chi connectivity index (χ0n) is 9.63. The summed E-state index contributed by atoms with van der Waals surface area (Å²) in [5, 5.41) is 21.6. The second-order valence-electron chi connectivity index (χ2n) is 4.21. The number of nitrogens with one attached hydrogen (secondary N) is 1. The van der Waals surface area contributed by atoms with Gasteiger partial charge in [-0.2, -0.15) is 13.2 Å². The number of ether oxygens (including phenoxy) is 1. The molecule has 5 nitrogen and oxygen atoms in total. The molecule has 0 bridgehead atoms. The van der Waals surface area contributed by atoms with Gasteiger partial charge in [-0.1, -0.05) is 11.8 Å². The first-order chi connectivity index (χ1) is 8.75. The molecule has 2 fully saturated rings. The minimum Gasteiger partial charge on any atom is -0.387 e. The molecule has 0 saturated carbocycles. The van der Waals surface area contributed by atoms with Crippen molar-refractivity contribution in [2.45, 2.75) is 42.1 Å². The number of thioether (sulfide) groups is 1. The van der Waals surface area contributed by atoms with E-state index >= 15 is 0 Å². The van der Waals surface area contributed by atoms with E-state index in [1.165, 1.54) is 7.05 Å². The van der Waals surface area contributed by atoms with Gasteiger partial charge in [0, 0.05) is 7.05 Å². The molecule has 2 heterocycles. The number of fused-ring (bicyclic) bond motifs is 1. The highest BCUT2D eigenvalue weighted by atomic mass is 32.2. The van der Waals surface area contributed by atoms with Crippen LogP contribution in [0.5, 0.6) is 0 Å². The van der Waals surface area contributed by atoms with Crippen LogP contribution >= 0.6 is 11.8 Å². The largest absolute Gasteiger partial charge is 0.417 e. The lowest BCUT2D eigenvalue weighted by atomic mass is 9.95. The molecule has 0 aromatic carbocycles. The molecule has 0 aromatic heterocycles. The van der Waals surface area contributed by atoms with Gasteiger partial charge in [0.25, 0.3) is 0 Å². The smallest absolute Gasteiger partial charge is 0.387 e. The van der Waals surface area contributed by atoms with Crippen molar-refractivity contribution >= 4 is 16.9 Å². The maximum Gasteiger partial charge on any atom is 0.417 e. The average Bonchev–Trinajstić information content (AvgIpc) is 2.75. The lowest BCUT2D eigenvalue weighted by Crippen LogP contribution is -2.62. The van der Waals surface area contributed by atoms with Crippen molar-refractivity contribution in [3.63, 3.8) is 0 Å². The Kier molecular flexibility index (Phi) is 3.96. The topological polar surface area (TPSA) is 74.1 Å². The second kappa shape index (κ2) is 5.08. The van der Waals surface area contributed by atoms with E-state index in [1.54, 1.807) is 0 Å². The number of halogens is 4. The van der Waals surface area contributed by atoms with Crippen LogP contribution in [0.4, 0.5) is 17.6 Å². The van der Waals surface area contributed by atoms with Gasteiger partial charge < -0.3 is 20.3 Å². The molecule has 6 atom stereocenters. The van der Waals surface area contributed by atoms with Gasteiger partial charge in [0.1, 0.15) is 17.6 Å². The Hall–Kier alpha value is -0.580. The maximum atomic E-state index is 13.9. The Morgan fingerprint density at radius 3 is 2.63 bits per heavy atom. The van der Waals surface area contributed by atoms with Crippen molar-refractivity contribution in [1.29, 1.82) is 0 Å². The van der Waals surface area contributed by atoms with Gasteiger partial charge in [-0.05, 0) is 0 Å². The molecule has 0 aromatic rings. The van der Waals surface area contributed by atoms with E-state index in [2.05, 4.69) is 10.3 Å². The molecule has 10 heteroatoms. The second-order valence-corrected chi connectivity index (χ2v) is 5.29. The van der Waals surface area contributed by atoms with E-state index in [4.69, 9.17) is 9.84 Å². The van der Waals surface area contributed by atoms with Crippen molar-refractivity contribution in [1.82, 2.24) is 5.32 Å². The number of hydrogen-bond donors (Lipinski definition) is 3. The Morgan fingerprint density at radius 2 is 2.11 bits per heavy atom. The molecule has 2 aliphatic heterocycles. The minimum atomic E-state index is -4.99. The Labute approximate surface area is 110 Å². The zero-order valence-corrected chi connectivity index (χ0v) is 10.5. The van der Waals surface area contributed by atoms with Gasteiger partial charge in [0.15, 0.2) is 17.4 Å². The summed E-state index contributed by atoms with van der Waals surface area (Å²) in [7, 11) is 1.43. The van der Waals surface area contributed by atoms with Gasteiger partial charge >= 0.3 is 6.18 Å². The van der Waals surface area contributed by atoms with Gasteiger partial charge in [0.2, 0.25) is 0 Å². The normalized spacial score (nSPS) is 42.9. The molecule has 3 N–H and O–H groups in total. The summed E-state index contributed by atoms with van der Waals surface area (Å²) in [4.78, 5) is 3.75. The van der Waals surface area contributed by atoms with Gasteiger partial charge in [-0.15, -0.1) is 0 Å². The molecule has 2 aliphatic rings. The summed E-state index contributed by atoms with van der Waals surface area (Å²) in [6, 6.07) is -0.990. The molecule has 0 radical (unpaired) electrons. The molecule has 0 aliphatic carbocycles. The van der Waals surface area contributed by atoms with Gasteiger partial charge in [-0.3, -0.25) is 4.99 Å². The molecule has 110 valence electrons. The first kappa shape index (κ1) is 14.8. The quantitative estimate of drug-likeness (QED) is 0.596. The molecular weight excluding hydrogens is 292 g/mol. The highest BCUT2D eigenvalue weighted by molar-refractivity contribution is 8.14. The van der Waals surface area contributed by atoms with E-state index in [0.717, 1.165) is 11.8 Å². The van der Waals surface area contributed by atoms with Crippen LogP contribution in [0.15, 0.2) is 4.99 Å². The van der Waals surface area contributed by atoms with Crippen molar-refractivity contribution < 1.29 is 32.5 Å². The lowest BCUT2D eigenvalue weighted by molar-refractivity contribution is -0.267. The van der Waals surface area contributed by atoms with Crippen molar-refractivity contribution in [3.8, 4) is 0 Å². The molecule has 6 unspecified atom stereocenters. The predicted octanol–water partition coefficient (Wildman–Crippen LogP) is 0.0243. The molecule has 0 amide bonds. The fourth-order valence-electron chi connectivity index (χ4n) is 1.96. The summed E-state index contributed by atoms with van der Waals surface area (Å²) < 4.78 is 56.1. The van der Waals surface area contributed by atoms with E-state index in [9.17, 15) is 22.7 Å². The van der Waals surface area contributed by atoms with Crippen LogP contribution in [0.25, 0.3) is 0 Å². The first-order valence-corrected chi connectivity index (χ1v) is 6.26. The number of aliphatic imine (C=N–C) groups is 1. The van der Waals surface area contributed by atoms with Crippen molar-refractivity contribution in [2.75, 3.05) is 7.05 Å². The number of hydrogen-bond acceptors (Lipinski definition) is 5. The summed E-state index contributed by atoms with van der Waals surface area (Å²) in [5.41, 5.74) is -0.973. The number of aliphatic hydroxyl groups is 2. The van der Waals surface area contributed by atoms with Crippen LogP contribution in [0, 0.1) is 0 Å². The van der Waals surface area contributed by atoms with Crippen LogP contribution in [-0.2, 0) is 4.74 Å². The van der Waals surface area contributed by atoms with Gasteiger partial charge in [-0.25, -0.2) is 4.39 Å². The number of rotatable bonds is 1.